The van der Waals surface area contributed by atoms with Gasteiger partial charge in [-0.15, -0.1) is 5.10 Å². The normalized spacial score (nSPS) is 10.2. The first-order valence-corrected chi connectivity index (χ1v) is 5.23. The lowest BCUT2D eigenvalue weighted by molar-refractivity contribution is -0.695. The molecule has 2 heterocycles. The molecule has 2 aromatic rings. The van der Waals surface area contributed by atoms with Crippen LogP contribution in [0.15, 0.2) is 24.5 Å². The van der Waals surface area contributed by atoms with Crippen molar-refractivity contribution in [3.63, 3.8) is 0 Å². The van der Waals surface area contributed by atoms with Gasteiger partial charge in [-0.1, -0.05) is 5.10 Å². The Bertz CT molecular complexity index is 478. The maximum atomic E-state index is 11.5. The Balaban J connectivity index is 1.82. The highest BCUT2D eigenvalue weighted by atomic mass is 16.1. The third-order valence-electron chi connectivity index (χ3n) is 2.25. The van der Waals surface area contributed by atoms with Gasteiger partial charge in [0.05, 0.1) is 6.42 Å². The number of H-pyrrole nitrogens is 1. The molecular weight excluding hydrogens is 220 g/mol. The summed E-state index contributed by atoms with van der Waals surface area (Å²) in [7, 11) is 0. The molecule has 0 aromatic carbocycles. The number of hydrogen-bond acceptors (Lipinski definition) is 4. The van der Waals surface area contributed by atoms with Crippen LogP contribution in [0.5, 0.6) is 0 Å². The molecule has 0 fully saturated rings. The Kier molecular flexibility index (Phi) is 3.39. The van der Waals surface area contributed by atoms with Crippen LogP contribution in [0.3, 0.4) is 0 Å². The minimum absolute atomic E-state index is 0.139. The number of amides is 1. The predicted molar refractivity (Wildman–Crippen MR) is 58.8 cm³/mol. The lowest BCUT2D eigenvalue weighted by Crippen LogP contribution is -2.34. The molecule has 7 heteroatoms. The fourth-order valence-electron chi connectivity index (χ4n) is 1.31. The molecule has 17 heavy (non-hydrogen) atoms. The van der Waals surface area contributed by atoms with E-state index in [0.29, 0.717) is 13.0 Å². The Labute approximate surface area is 97.9 Å². The van der Waals surface area contributed by atoms with Crippen molar-refractivity contribution < 1.29 is 9.36 Å². The average molecular weight is 233 g/mol. The monoisotopic (exact) mass is 233 g/mol. The summed E-state index contributed by atoms with van der Waals surface area (Å²) in [6.45, 7) is 2.64. The zero-order chi connectivity index (χ0) is 12.1. The summed E-state index contributed by atoms with van der Waals surface area (Å²) >= 11 is 0. The minimum atomic E-state index is -0.139. The van der Waals surface area contributed by atoms with Gasteiger partial charge in [0.1, 0.15) is 0 Å². The first-order valence-electron chi connectivity index (χ1n) is 5.23. The molecule has 0 atom stereocenters. The number of aromatic amines is 1. The van der Waals surface area contributed by atoms with Gasteiger partial charge in [-0.05, 0) is 17.7 Å². The number of nitrogens with zero attached hydrogens (tertiary/aromatic N) is 4. The topological polar surface area (TPSA) is 87.4 Å². The highest BCUT2D eigenvalue weighted by molar-refractivity contribution is 5.88. The zero-order valence-electron chi connectivity index (χ0n) is 9.42. The van der Waals surface area contributed by atoms with E-state index in [9.17, 15) is 4.79 Å². The Hall–Kier alpha value is -2.31. The standard InChI is InChI=1S/C10H12N6O/c1-8-2-5-16(6-3-8)7-4-9(17)11-10-12-14-15-13-10/h2-3,5-6H,4,7H2,1H3,(H-,11,12,13,14,15,17)/p+1. The van der Waals surface area contributed by atoms with Crippen LogP contribution in [0.2, 0.25) is 0 Å². The summed E-state index contributed by atoms with van der Waals surface area (Å²) in [4.78, 5) is 11.5. The molecule has 0 unspecified atom stereocenters. The summed E-state index contributed by atoms with van der Waals surface area (Å²) in [5.41, 5.74) is 1.19. The average Bonchev–Trinajstić information content (AvgIpc) is 2.81. The summed E-state index contributed by atoms with van der Waals surface area (Å²) in [6, 6.07) is 3.99. The van der Waals surface area contributed by atoms with Crippen molar-refractivity contribution in [3.05, 3.63) is 30.1 Å². The first-order chi connectivity index (χ1) is 8.24. The SMILES string of the molecule is Cc1cc[n+](CCC(=O)Nc2nn[nH]n2)cc1. The summed E-state index contributed by atoms with van der Waals surface area (Å²) in [6.07, 6.45) is 4.25. The van der Waals surface area contributed by atoms with Crippen LogP contribution in [0.25, 0.3) is 0 Å². The van der Waals surface area contributed by atoms with Crippen LogP contribution in [-0.2, 0) is 11.3 Å². The molecule has 2 aromatic heterocycles. The number of rotatable bonds is 4. The number of aromatic nitrogens is 5. The van der Waals surface area contributed by atoms with Gasteiger partial charge in [0, 0.05) is 12.1 Å². The number of carbonyl (C=O) groups is 1. The summed E-state index contributed by atoms with van der Waals surface area (Å²) in [5, 5.41) is 15.4. The van der Waals surface area contributed by atoms with Crippen LogP contribution in [0.4, 0.5) is 5.95 Å². The number of nitrogens with one attached hydrogen (secondary N) is 2. The number of aryl methyl sites for hydroxylation is 2. The van der Waals surface area contributed by atoms with E-state index >= 15 is 0 Å². The second-order valence-corrected chi connectivity index (χ2v) is 3.65. The molecule has 0 radical (unpaired) electrons. The van der Waals surface area contributed by atoms with Crippen molar-refractivity contribution in [1.82, 2.24) is 20.6 Å². The van der Waals surface area contributed by atoms with Crippen LogP contribution >= 0.6 is 0 Å². The molecular formula is C10H13N6O+. The van der Waals surface area contributed by atoms with Crippen molar-refractivity contribution in [2.24, 2.45) is 0 Å². The van der Waals surface area contributed by atoms with Gasteiger partial charge in [0.2, 0.25) is 5.91 Å². The largest absolute Gasteiger partial charge is 0.292 e. The van der Waals surface area contributed by atoms with Gasteiger partial charge in [0.15, 0.2) is 18.9 Å². The third-order valence-corrected chi connectivity index (χ3v) is 2.25. The van der Waals surface area contributed by atoms with Crippen LogP contribution < -0.4 is 9.88 Å². The Morgan fingerprint density at radius 1 is 1.47 bits per heavy atom. The van der Waals surface area contributed by atoms with E-state index in [0.717, 1.165) is 0 Å². The highest BCUT2D eigenvalue weighted by Crippen LogP contribution is 1.94. The highest BCUT2D eigenvalue weighted by Gasteiger charge is 2.08. The maximum absolute atomic E-state index is 11.5. The molecule has 0 spiro atoms. The van der Waals surface area contributed by atoms with Crippen molar-refractivity contribution in [1.29, 1.82) is 0 Å². The van der Waals surface area contributed by atoms with E-state index in [1.807, 2.05) is 36.0 Å². The molecule has 2 rings (SSSR count). The Morgan fingerprint density at radius 2 is 2.24 bits per heavy atom. The third kappa shape index (κ3) is 3.33. The van der Waals surface area contributed by atoms with E-state index in [4.69, 9.17) is 0 Å². The van der Waals surface area contributed by atoms with Crippen LogP contribution in [0, 0.1) is 6.92 Å². The smallest absolute Gasteiger partial charge is 0.269 e. The molecule has 0 saturated heterocycles. The summed E-state index contributed by atoms with van der Waals surface area (Å²) < 4.78 is 1.95. The number of carbonyl (C=O) groups excluding carboxylic acids is 1. The van der Waals surface area contributed by atoms with Gasteiger partial charge in [-0.25, -0.2) is 4.57 Å². The molecule has 0 saturated carbocycles. The second kappa shape index (κ2) is 5.15. The van der Waals surface area contributed by atoms with Crippen molar-refractivity contribution in [2.45, 2.75) is 19.9 Å². The molecule has 0 aliphatic carbocycles. The second-order valence-electron chi connectivity index (χ2n) is 3.65. The van der Waals surface area contributed by atoms with Crippen LogP contribution in [0.1, 0.15) is 12.0 Å². The minimum Gasteiger partial charge on any atom is -0.292 e. The van der Waals surface area contributed by atoms with Gasteiger partial charge in [-0.2, -0.15) is 5.21 Å². The number of pyridine rings is 1. The van der Waals surface area contributed by atoms with Gasteiger partial charge < -0.3 is 0 Å². The Morgan fingerprint density at radius 3 is 2.88 bits per heavy atom. The van der Waals surface area contributed by atoms with E-state index in [-0.39, 0.29) is 11.9 Å². The van der Waals surface area contributed by atoms with Crippen molar-refractivity contribution in [3.8, 4) is 0 Å². The van der Waals surface area contributed by atoms with Gasteiger partial charge in [0.25, 0.3) is 5.95 Å². The number of anilines is 1. The van der Waals surface area contributed by atoms with Crippen molar-refractivity contribution in [2.75, 3.05) is 5.32 Å². The molecule has 0 aliphatic rings. The molecule has 88 valence electrons. The molecule has 7 nitrogen and oxygen atoms in total. The van der Waals surface area contributed by atoms with E-state index in [1.54, 1.807) is 0 Å². The van der Waals surface area contributed by atoms with E-state index in [2.05, 4.69) is 25.9 Å². The molecule has 1 amide bonds. The predicted octanol–water partition coefficient (Wildman–Crippen LogP) is -0.176. The number of hydrogen-bond donors (Lipinski definition) is 2. The summed E-state index contributed by atoms with van der Waals surface area (Å²) in [5.74, 6) is 0.0587. The lowest BCUT2D eigenvalue weighted by Gasteiger charge is -1.98. The van der Waals surface area contributed by atoms with Gasteiger partial charge >= 0.3 is 0 Å². The maximum Gasteiger partial charge on any atom is 0.269 e. The van der Waals surface area contributed by atoms with Gasteiger partial charge in [-0.3, -0.25) is 10.1 Å². The fraction of sp³-hybridized carbons (Fsp3) is 0.300. The number of tetrazole rings is 1. The molecule has 0 bridgehead atoms. The van der Waals surface area contributed by atoms with Crippen LogP contribution in [-0.4, -0.2) is 26.5 Å². The molecule has 2 N–H and O–H groups in total. The zero-order valence-corrected chi connectivity index (χ0v) is 9.42. The fourth-order valence-corrected chi connectivity index (χ4v) is 1.31. The lowest BCUT2D eigenvalue weighted by atomic mass is 10.3. The molecule has 0 aliphatic heterocycles. The van der Waals surface area contributed by atoms with E-state index in [1.165, 1.54) is 5.56 Å². The van der Waals surface area contributed by atoms with E-state index < -0.39 is 0 Å². The quantitative estimate of drug-likeness (QED) is 0.717. The first kappa shape index (κ1) is 11.2. The van der Waals surface area contributed by atoms with Crippen molar-refractivity contribution >= 4 is 11.9 Å².